The number of carboxylic acids is 2. The Morgan fingerprint density at radius 3 is 2.25 bits per heavy atom. The van der Waals surface area contributed by atoms with Gasteiger partial charge in [-0.2, -0.15) is 0 Å². The molecule has 0 heterocycles. The van der Waals surface area contributed by atoms with Crippen molar-refractivity contribution in [3.63, 3.8) is 0 Å². The number of unbranched alkanes of at least 4 members (excludes halogenated alkanes) is 2. The van der Waals surface area contributed by atoms with Crippen molar-refractivity contribution in [3.8, 4) is 0 Å². The molecule has 0 saturated carbocycles. The van der Waals surface area contributed by atoms with E-state index in [2.05, 4.69) is 12.2 Å². The zero-order chi connectivity index (χ0) is 17.0. The van der Waals surface area contributed by atoms with Gasteiger partial charge in [0, 0.05) is 19.5 Å². The molecule has 0 aliphatic rings. The molecule has 24 heavy (non-hydrogen) atoms. The fourth-order valence-corrected chi connectivity index (χ4v) is 1.82. The SMILES string of the molecule is CCCCCC(=O)NCCN(CC(=O)O)C(C)OCC(=O)O.[NaH].[NaH]. The van der Waals surface area contributed by atoms with E-state index in [-0.39, 0.29) is 78.1 Å². The Labute approximate surface area is 187 Å². The Kier molecular flexibility index (Phi) is 22.0. The van der Waals surface area contributed by atoms with Gasteiger partial charge in [0.2, 0.25) is 5.91 Å². The van der Waals surface area contributed by atoms with Gasteiger partial charge in [-0.25, -0.2) is 4.79 Å². The van der Waals surface area contributed by atoms with Gasteiger partial charge in [-0.3, -0.25) is 14.5 Å². The summed E-state index contributed by atoms with van der Waals surface area (Å²) in [5.41, 5.74) is 0. The first-order chi connectivity index (χ1) is 10.4. The molecule has 0 aromatic heterocycles. The molecule has 8 nitrogen and oxygen atoms in total. The summed E-state index contributed by atoms with van der Waals surface area (Å²) in [6.07, 6.45) is 2.66. The predicted molar refractivity (Wildman–Crippen MR) is 93.7 cm³/mol. The van der Waals surface area contributed by atoms with Crippen molar-refractivity contribution in [2.75, 3.05) is 26.2 Å². The van der Waals surface area contributed by atoms with Gasteiger partial charge in [-0.1, -0.05) is 19.8 Å². The number of ether oxygens (including phenoxy) is 1. The minimum absolute atomic E-state index is 0. The van der Waals surface area contributed by atoms with Gasteiger partial charge in [0.05, 0.1) is 6.54 Å². The van der Waals surface area contributed by atoms with Crippen LogP contribution in [0.2, 0.25) is 0 Å². The first-order valence-electron chi connectivity index (χ1n) is 7.42. The van der Waals surface area contributed by atoms with Crippen LogP contribution in [-0.2, 0) is 19.1 Å². The van der Waals surface area contributed by atoms with Gasteiger partial charge in [-0.15, -0.1) is 0 Å². The van der Waals surface area contributed by atoms with Gasteiger partial charge in [0.15, 0.2) is 0 Å². The second-order valence-electron chi connectivity index (χ2n) is 4.98. The molecule has 10 heteroatoms. The zero-order valence-corrected chi connectivity index (χ0v) is 13.2. The molecule has 0 rings (SSSR count). The molecule has 1 atom stereocenters. The molecule has 1 amide bonds. The second-order valence-corrected chi connectivity index (χ2v) is 4.98. The standard InChI is InChI=1S/C14H26N2O6.2Na.2H/c1-3-4-5-6-12(17)15-7-8-16(9-13(18)19)11(2)22-10-14(20)21;;;;/h11H,3-10H2,1-2H3,(H,15,17)(H,18,19)(H,20,21);;;;. The number of rotatable bonds is 13. The summed E-state index contributed by atoms with van der Waals surface area (Å²) in [6.45, 7) is 3.41. The van der Waals surface area contributed by atoms with Gasteiger partial charge in [0.25, 0.3) is 0 Å². The van der Waals surface area contributed by atoms with E-state index in [1.54, 1.807) is 6.92 Å². The number of hydrogen-bond acceptors (Lipinski definition) is 5. The van der Waals surface area contributed by atoms with E-state index in [9.17, 15) is 14.4 Å². The van der Waals surface area contributed by atoms with Crippen LogP contribution in [-0.4, -0.2) is 125 Å². The molecule has 0 aliphatic heterocycles. The summed E-state index contributed by atoms with van der Waals surface area (Å²) in [5, 5.41) is 20.1. The van der Waals surface area contributed by atoms with E-state index in [1.807, 2.05) is 0 Å². The summed E-state index contributed by atoms with van der Waals surface area (Å²) in [7, 11) is 0. The average Bonchev–Trinajstić information content (AvgIpc) is 2.43. The molecule has 0 bridgehead atoms. The van der Waals surface area contributed by atoms with E-state index in [0.717, 1.165) is 19.3 Å². The minimum atomic E-state index is -1.12. The Bertz CT molecular complexity index is 371. The second kappa shape index (κ2) is 18.1. The first kappa shape index (κ1) is 29.1. The number of aliphatic carboxylic acids is 2. The third-order valence-corrected chi connectivity index (χ3v) is 3.03. The van der Waals surface area contributed by atoms with Crippen molar-refractivity contribution in [2.24, 2.45) is 0 Å². The quantitative estimate of drug-likeness (QED) is 0.222. The molecule has 132 valence electrons. The number of nitrogens with one attached hydrogen (secondary N) is 1. The number of carbonyl (C=O) groups excluding carboxylic acids is 1. The van der Waals surface area contributed by atoms with Crippen LogP contribution in [0, 0.1) is 0 Å². The molecular weight excluding hydrogens is 338 g/mol. The van der Waals surface area contributed by atoms with Gasteiger partial charge >= 0.3 is 71.1 Å². The van der Waals surface area contributed by atoms with Crippen LogP contribution >= 0.6 is 0 Å². The fourth-order valence-electron chi connectivity index (χ4n) is 1.82. The van der Waals surface area contributed by atoms with Gasteiger partial charge in [-0.05, 0) is 13.3 Å². The number of hydrogen-bond donors (Lipinski definition) is 3. The third kappa shape index (κ3) is 17.2. The van der Waals surface area contributed by atoms with E-state index >= 15 is 0 Å². The summed E-state index contributed by atoms with van der Waals surface area (Å²) < 4.78 is 5.05. The van der Waals surface area contributed by atoms with Gasteiger partial charge in [0.1, 0.15) is 12.8 Å². The molecule has 0 saturated heterocycles. The van der Waals surface area contributed by atoms with Crippen LogP contribution in [0.5, 0.6) is 0 Å². The van der Waals surface area contributed by atoms with Crippen molar-refractivity contribution in [2.45, 2.75) is 45.8 Å². The van der Waals surface area contributed by atoms with Crippen LogP contribution in [0.15, 0.2) is 0 Å². The number of carbonyl (C=O) groups is 3. The maximum atomic E-state index is 11.6. The zero-order valence-electron chi connectivity index (χ0n) is 13.2. The van der Waals surface area contributed by atoms with E-state index < -0.39 is 24.8 Å². The van der Waals surface area contributed by atoms with Crippen LogP contribution < -0.4 is 5.32 Å². The van der Waals surface area contributed by atoms with Crippen molar-refractivity contribution >= 4 is 77.0 Å². The number of nitrogens with zero attached hydrogens (tertiary/aromatic N) is 1. The van der Waals surface area contributed by atoms with Crippen molar-refractivity contribution in [1.82, 2.24) is 10.2 Å². The normalized spacial score (nSPS) is 11.1. The van der Waals surface area contributed by atoms with E-state index in [4.69, 9.17) is 14.9 Å². The summed E-state index contributed by atoms with van der Waals surface area (Å²) in [6, 6.07) is 0. The molecule has 0 aliphatic carbocycles. The van der Waals surface area contributed by atoms with Crippen LogP contribution in [0.3, 0.4) is 0 Å². The Morgan fingerprint density at radius 1 is 1.12 bits per heavy atom. The Balaban J connectivity index is -0.00000220. The van der Waals surface area contributed by atoms with Crippen LogP contribution in [0.25, 0.3) is 0 Å². The molecule has 0 spiro atoms. The molecule has 0 aromatic rings. The molecule has 1 unspecified atom stereocenters. The third-order valence-electron chi connectivity index (χ3n) is 3.03. The summed E-state index contributed by atoms with van der Waals surface area (Å²) >= 11 is 0. The monoisotopic (exact) mass is 366 g/mol. The van der Waals surface area contributed by atoms with Crippen molar-refractivity contribution in [1.29, 1.82) is 0 Å². The molecule has 0 fully saturated rings. The molecule has 0 radical (unpaired) electrons. The fraction of sp³-hybridized carbons (Fsp3) is 0.786. The number of amides is 1. The topological polar surface area (TPSA) is 116 Å². The average molecular weight is 366 g/mol. The molecular formula is C14H28N2Na2O6. The summed E-state index contributed by atoms with van der Waals surface area (Å²) in [4.78, 5) is 34.3. The van der Waals surface area contributed by atoms with Gasteiger partial charge < -0.3 is 20.3 Å². The van der Waals surface area contributed by atoms with E-state index in [0.29, 0.717) is 13.0 Å². The Morgan fingerprint density at radius 2 is 1.75 bits per heavy atom. The first-order valence-corrected chi connectivity index (χ1v) is 7.42. The summed E-state index contributed by atoms with van der Waals surface area (Å²) in [5.74, 6) is -2.23. The Hall–Kier alpha value is 0.330. The van der Waals surface area contributed by atoms with Crippen molar-refractivity contribution < 1.29 is 29.3 Å². The predicted octanol–water partition coefficient (Wildman–Crippen LogP) is -0.780. The molecule has 0 aromatic carbocycles. The molecule has 3 N–H and O–H groups in total. The van der Waals surface area contributed by atoms with Crippen LogP contribution in [0.4, 0.5) is 0 Å². The van der Waals surface area contributed by atoms with Crippen molar-refractivity contribution in [3.05, 3.63) is 0 Å². The number of carboxylic acid groups (broad SMARTS) is 2. The maximum absolute atomic E-state index is 11.6. The van der Waals surface area contributed by atoms with E-state index in [1.165, 1.54) is 4.90 Å². The van der Waals surface area contributed by atoms with Crippen LogP contribution in [0.1, 0.15) is 39.5 Å².